The molecule has 0 saturated heterocycles. The lowest BCUT2D eigenvalue weighted by atomic mass is 10.2. The number of methoxy groups -OCH3 is 1. The van der Waals surface area contributed by atoms with Gasteiger partial charge in [0.25, 0.3) is 0 Å². The largest absolute Gasteiger partial charge is 0.381 e. The zero-order valence-electron chi connectivity index (χ0n) is 11.8. The minimum atomic E-state index is -0.192. The first-order valence-corrected chi connectivity index (χ1v) is 8.70. The van der Waals surface area contributed by atoms with Gasteiger partial charge >= 0.3 is 0 Å². The molecule has 0 radical (unpaired) electrons. The Bertz CT molecular complexity index is 661. The van der Waals surface area contributed by atoms with Crippen LogP contribution in [0.5, 0.6) is 0 Å². The van der Waals surface area contributed by atoms with Crippen LogP contribution in [0.3, 0.4) is 0 Å². The van der Waals surface area contributed by atoms with Crippen molar-refractivity contribution in [2.75, 3.05) is 13.0 Å². The Balaban J connectivity index is 2.09. The van der Waals surface area contributed by atoms with Crippen molar-refractivity contribution in [2.45, 2.75) is 37.8 Å². The smallest absolute Gasteiger partial charge is 0.138 e. The van der Waals surface area contributed by atoms with Gasteiger partial charge in [0, 0.05) is 31.5 Å². The Kier molecular flexibility index (Phi) is 4.71. The van der Waals surface area contributed by atoms with Gasteiger partial charge in [-0.3, -0.25) is 0 Å². The molecule has 2 atom stereocenters. The second-order valence-electron chi connectivity index (χ2n) is 5.42. The van der Waals surface area contributed by atoms with Gasteiger partial charge in [0.2, 0.25) is 0 Å². The first-order chi connectivity index (χ1) is 10.1. The Morgan fingerprint density at radius 1 is 1.48 bits per heavy atom. The molecule has 3 rings (SSSR count). The van der Waals surface area contributed by atoms with Gasteiger partial charge in [-0.15, -0.1) is 11.6 Å². The number of alkyl halides is 1. The summed E-state index contributed by atoms with van der Waals surface area (Å²) in [5.41, 5.74) is 1.72. The lowest BCUT2D eigenvalue weighted by Crippen LogP contribution is -2.12. The molecular weight excluding hydrogens is 406 g/mol. The van der Waals surface area contributed by atoms with Crippen LogP contribution < -0.4 is 0 Å². The highest BCUT2D eigenvalue weighted by Gasteiger charge is 2.29. The van der Waals surface area contributed by atoms with Gasteiger partial charge in [0.1, 0.15) is 11.6 Å². The summed E-state index contributed by atoms with van der Waals surface area (Å²) in [5, 5.41) is 0. The van der Waals surface area contributed by atoms with Crippen LogP contribution in [0.25, 0.3) is 11.0 Å². The maximum absolute atomic E-state index is 14.0. The molecular formula is C15H17ClFIN2O. The van der Waals surface area contributed by atoms with Gasteiger partial charge in [-0.1, -0.05) is 0 Å². The highest BCUT2D eigenvalue weighted by Crippen LogP contribution is 2.36. The molecule has 1 aliphatic rings. The molecule has 0 aliphatic heterocycles. The molecule has 1 aromatic heterocycles. The fourth-order valence-electron chi connectivity index (χ4n) is 3.17. The highest BCUT2D eigenvalue weighted by atomic mass is 127. The first kappa shape index (κ1) is 15.5. The van der Waals surface area contributed by atoms with Crippen LogP contribution in [0.2, 0.25) is 0 Å². The number of ether oxygens (including phenoxy) is 1. The SMILES string of the molecule is COC1CCC(n2c(CCCl)nc3cc(I)c(F)cc32)C1. The third kappa shape index (κ3) is 2.92. The molecule has 2 unspecified atom stereocenters. The van der Waals surface area contributed by atoms with Crippen molar-refractivity contribution >= 4 is 45.2 Å². The number of imidazole rings is 1. The molecule has 3 nitrogen and oxygen atoms in total. The predicted octanol–water partition coefficient (Wildman–Crippen LogP) is 4.30. The molecule has 0 N–H and O–H groups in total. The number of nitrogens with zero attached hydrogens (tertiary/aromatic N) is 2. The monoisotopic (exact) mass is 422 g/mol. The van der Waals surface area contributed by atoms with E-state index in [0.717, 1.165) is 36.1 Å². The van der Waals surface area contributed by atoms with Crippen molar-refractivity contribution < 1.29 is 9.13 Å². The van der Waals surface area contributed by atoms with Crippen molar-refractivity contribution in [3.63, 3.8) is 0 Å². The van der Waals surface area contributed by atoms with Crippen LogP contribution in [0.4, 0.5) is 4.39 Å². The van der Waals surface area contributed by atoms with Crippen LogP contribution in [0, 0.1) is 9.39 Å². The summed E-state index contributed by atoms with van der Waals surface area (Å²) in [5.74, 6) is 1.27. The van der Waals surface area contributed by atoms with E-state index in [9.17, 15) is 4.39 Å². The van der Waals surface area contributed by atoms with Crippen LogP contribution in [0.1, 0.15) is 31.1 Å². The van der Waals surface area contributed by atoms with Crippen LogP contribution in [-0.4, -0.2) is 28.6 Å². The zero-order chi connectivity index (χ0) is 15.0. The van der Waals surface area contributed by atoms with Crippen molar-refractivity contribution in [3.8, 4) is 0 Å². The summed E-state index contributed by atoms with van der Waals surface area (Å²) in [7, 11) is 1.75. The van der Waals surface area contributed by atoms with Crippen molar-refractivity contribution in [2.24, 2.45) is 0 Å². The standard InChI is InChI=1S/C15H17ClFIN2O/c1-21-10-3-2-9(6-10)20-14-7-11(17)12(18)8-13(14)19-15(20)4-5-16/h7-10H,2-6H2,1H3. The number of fused-ring (bicyclic) bond motifs is 1. The van der Waals surface area contributed by atoms with Crippen molar-refractivity contribution in [3.05, 3.63) is 27.3 Å². The number of hydrogen-bond acceptors (Lipinski definition) is 2. The Labute approximate surface area is 142 Å². The summed E-state index contributed by atoms with van der Waals surface area (Å²) >= 11 is 7.91. The molecule has 2 aromatic rings. The molecule has 1 heterocycles. The van der Waals surface area contributed by atoms with Gasteiger partial charge < -0.3 is 9.30 Å². The van der Waals surface area contributed by atoms with Gasteiger partial charge in [-0.2, -0.15) is 0 Å². The van der Waals surface area contributed by atoms with E-state index in [2.05, 4.69) is 9.55 Å². The normalized spacial score (nSPS) is 22.3. The highest BCUT2D eigenvalue weighted by molar-refractivity contribution is 14.1. The first-order valence-electron chi connectivity index (χ1n) is 7.08. The van der Waals surface area contributed by atoms with E-state index >= 15 is 0 Å². The molecule has 1 saturated carbocycles. The molecule has 114 valence electrons. The zero-order valence-corrected chi connectivity index (χ0v) is 14.7. The van der Waals surface area contributed by atoms with E-state index in [0.29, 0.717) is 21.9 Å². The molecule has 21 heavy (non-hydrogen) atoms. The number of rotatable bonds is 4. The predicted molar refractivity (Wildman–Crippen MR) is 90.5 cm³/mol. The van der Waals surface area contributed by atoms with Gasteiger partial charge in [-0.25, -0.2) is 9.37 Å². The second-order valence-corrected chi connectivity index (χ2v) is 6.96. The Morgan fingerprint density at radius 2 is 2.29 bits per heavy atom. The quantitative estimate of drug-likeness (QED) is 0.543. The maximum Gasteiger partial charge on any atom is 0.138 e. The van der Waals surface area contributed by atoms with E-state index in [1.54, 1.807) is 13.2 Å². The molecule has 6 heteroatoms. The molecule has 0 spiro atoms. The van der Waals surface area contributed by atoms with E-state index in [1.807, 2.05) is 28.7 Å². The summed E-state index contributed by atoms with van der Waals surface area (Å²) in [6.45, 7) is 0. The van der Waals surface area contributed by atoms with Crippen molar-refractivity contribution in [1.82, 2.24) is 9.55 Å². The van der Waals surface area contributed by atoms with Crippen LogP contribution >= 0.6 is 34.2 Å². The summed E-state index contributed by atoms with van der Waals surface area (Å²) in [4.78, 5) is 4.67. The summed E-state index contributed by atoms with van der Waals surface area (Å²) < 4.78 is 22.2. The van der Waals surface area contributed by atoms with Crippen LogP contribution in [0.15, 0.2) is 12.1 Å². The Hall–Kier alpha value is -0.400. The van der Waals surface area contributed by atoms with Gasteiger partial charge in [0.15, 0.2) is 0 Å². The molecule has 0 bridgehead atoms. The van der Waals surface area contributed by atoms with Crippen molar-refractivity contribution in [1.29, 1.82) is 0 Å². The number of halogens is 3. The minimum absolute atomic E-state index is 0.192. The van der Waals surface area contributed by atoms with Crippen LogP contribution in [-0.2, 0) is 11.2 Å². The maximum atomic E-state index is 14.0. The number of aromatic nitrogens is 2. The Morgan fingerprint density at radius 3 is 2.95 bits per heavy atom. The molecule has 1 aromatic carbocycles. The fourth-order valence-corrected chi connectivity index (χ4v) is 3.79. The van der Waals surface area contributed by atoms with Gasteiger partial charge in [-0.05, 0) is 47.9 Å². The number of hydrogen-bond donors (Lipinski definition) is 0. The topological polar surface area (TPSA) is 27.1 Å². The number of aryl methyl sites for hydroxylation is 1. The van der Waals surface area contributed by atoms with Gasteiger partial charge in [0.05, 0.1) is 20.7 Å². The number of benzene rings is 1. The third-order valence-electron chi connectivity index (χ3n) is 4.18. The fraction of sp³-hybridized carbons (Fsp3) is 0.533. The average Bonchev–Trinajstić information content (AvgIpc) is 3.04. The second kappa shape index (κ2) is 6.38. The lowest BCUT2D eigenvalue weighted by Gasteiger charge is -2.17. The lowest BCUT2D eigenvalue weighted by molar-refractivity contribution is 0.106. The summed E-state index contributed by atoms with van der Waals surface area (Å²) in [6.07, 6.45) is 4.00. The molecule has 1 fully saturated rings. The average molecular weight is 423 g/mol. The summed E-state index contributed by atoms with van der Waals surface area (Å²) in [6, 6.07) is 3.72. The minimum Gasteiger partial charge on any atom is -0.381 e. The van der Waals surface area contributed by atoms with E-state index in [4.69, 9.17) is 16.3 Å². The van der Waals surface area contributed by atoms with E-state index in [1.165, 1.54) is 0 Å². The molecule has 0 amide bonds. The van der Waals surface area contributed by atoms with E-state index < -0.39 is 0 Å². The third-order valence-corrected chi connectivity index (χ3v) is 5.19. The molecule has 1 aliphatic carbocycles. The van der Waals surface area contributed by atoms with E-state index in [-0.39, 0.29) is 11.9 Å².